The first-order valence-corrected chi connectivity index (χ1v) is 12.4. The number of amides is 1. The van der Waals surface area contributed by atoms with Crippen molar-refractivity contribution in [3.05, 3.63) is 94.7 Å². The minimum atomic E-state index is -0.193. The number of carbonyl (C=O) groups excluding carboxylic acids is 1. The van der Waals surface area contributed by atoms with Crippen LogP contribution in [-0.4, -0.2) is 26.4 Å². The topological polar surface area (TPSA) is 59.8 Å². The SMILES string of the molecule is O=C(CSc1nnc(CSc2ccccc2)n1-c1ccccc1)Nc1ccc(Cl)cc1Cl. The minimum absolute atomic E-state index is 0.162. The van der Waals surface area contributed by atoms with Crippen molar-refractivity contribution in [2.75, 3.05) is 11.1 Å². The number of carbonyl (C=O) groups is 1. The molecular weight excluding hydrogens is 483 g/mol. The number of anilines is 1. The number of aromatic nitrogens is 3. The third-order valence-corrected chi connectivity index (χ3v) is 6.85. The molecule has 0 atom stereocenters. The van der Waals surface area contributed by atoms with Gasteiger partial charge in [-0.05, 0) is 42.5 Å². The van der Waals surface area contributed by atoms with Gasteiger partial charge in [-0.3, -0.25) is 9.36 Å². The van der Waals surface area contributed by atoms with Crippen molar-refractivity contribution in [1.82, 2.24) is 14.8 Å². The summed E-state index contributed by atoms with van der Waals surface area (Å²) >= 11 is 15.1. The molecule has 0 radical (unpaired) electrons. The smallest absolute Gasteiger partial charge is 0.234 e. The molecule has 9 heteroatoms. The van der Waals surface area contributed by atoms with Crippen LogP contribution in [0, 0.1) is 0 Å². The Balaban J connectivity index is 1.49. The third kappa shape index (κ3) is 5.86. The summed E-state index contributed by atoms with van der Waals surface area (Å²) < 4.78 is 1.99. The highest BCUT2D eigenvalue weighted by molar-refractivity contribution is 7.99. The van der Waals surface area contributed by atoms with E-state index in [9.17, 15) is 4.79 Å². The average Bonchev–Trinajstić information content (AvgIpc) is 3.22. The molecule has 1 amide bonds. The van der Waals surface area contributed by atoms with Gasteiger partial charge in [-0.15, -0.1) is 22.0 Å². The summed E-state index contributed by atoms with van der Waals surface area (Å²) in [5.74, 6) is 1.44. The van der Waals surface area contributed by atoms with Crippen LogP contribution in [0.2, 0.25) is 10.0 Å². The molecule has 0 aliphatic heterocycles. The summed E-state index contributed by atoms with van der Waals surface area (Å²) in [4.78, 5) is 13.7. The first-order chi connectivity index (χ1) is 15.6. The molecule has 32 heavy (non-hydrogen) atoms. The van der Waals surface area contributed by atoms with Crippen molar-refractivity contribution < 1.29 is 4.79 Å². The predicted octanol–water partition coefficient (Wildman–Crippen LogP) is 6.60. The average molecular weight is 501 g/mol. The first kappa shape index (κ1) is 22.7. The second-order valence-electron chi connectivity index (χ2n) is 6.63. The molecule has 4 rings (SSSR count). The van der Waals surface area contributed by atoms with Gasteiger partial charge in [-0.2, -0.15) is 0 Å². The summed E-state index contributed by atoms with van der Waals surface area (Å²) in [6, 6.07) is 25.0. The molecule has 0 saturated carbocycles. The standard InChI is InChI=1S/C23H18Cl2N4OS2/c24-16-11-12-20(19(25)13-16)26-22(30)15-32-23-28-27-21(14-31-18-9-5-2-6-10-18)29(23)17-7-3-1-4-8-17/h1-13H,14-15H2,(H,26,30). The third-order valence-electron chi connectivity index (χ3n) is 4.36. The van der Waals surface area contributed by atoms with Gasteiger partial charge in [0.05, 0.1) is 22.2 Å². The Kier molecular flexibility index (Phi) is 7.76. The molecule has 1 N–H and O–H groups in total. The Morgan fingerprint density at radius 2 is 1.62 bits per heavy atom. The fraction of sp³-hybridized carbons (Fsp3) is 0.0870. The van der Waals surface area contributed by atoms with E-state index in [4.69, 9.17) is 23.2 Å². The number of rotatable bonds is 8. The quantitative estimate of drug-likeness (QED) is 0.276. The number of benzene rings is 3. The van der Waals surface area contributed by atoms with Crippen molar-refractivity contribution in [2.24, 2.45) is 0 Å². The lowest BCUT2D eigenvalue weighted by atomic mass is 10.3. The normalized spacial score (nSPS) is 10.8. The van der Waals surface area contributed by atoms with Crippen LogP contribution < -0.4 is 5.32 Å². The van der Waals surface area contributed by atoms with Gasteiger partial charge in [0.15, 0.2) is 5.16 Å². The zero-order valence-electron chi connectivity index (χ0n) is 16.7. The van der Waals surface area contributed by atoms with Crippen molar-refractivity contribution in [2.45, 2.75) is 15.8 Å². The van der Waals surface area contributed by atoms with E-state index in [0.29, 0.717) is 26.6 Å². The summed E-state index contributed by atoms with van der Waals surface area (Å²) in [7, 11) is 0. The van der Waals surface area contributed by atoms with Crippen LogP contribution >= 0.6 is 46.7 Å². The highest BCUT2D eigenvalue weighted by Gasteiger charge is 2.16. The molecule has 0 saturated heterocycles. The van der Waals surface area contributed by atoms with Gasteiger partial charge in [0.2, 0.25) is 5.91 Å². The summed E-state index contributed by atoms with van der Waals surface area (Å²) in [5, 5.41) is 13.1. The maximum atomic E-state index is 12.5. The van der Waals surface area contributed by atoms with Gasteiger partial charge < -0.3 is 5.32 Å². The van der Waals surface area contributed by atoms with Gasteiger partial charge in [-0.25, -0.2) is 0 Å². The summed E-state index contributed by atoms with van der Waals surface area (Å²) in [6.07, 6.45) is 0. The molecule has 0 spiro atoms. The molecule has 162 valence electrons. The molecule has 0 bridgehead atoms. The van der Waals surface area contributed by atoms with Gasteiger partial charge in [-0.1, -0.05) is 71.4 Å². The van der Waals surface area contributed by atoms with Crippen LogP contribution in [-0.2, 0) is 10.5 Å². The number of hydrogen-bond donors (Lipinski definition) is 1. The second kappa shape index (κ2) is 10.9. The molecule has 0 fully saturated rings. The highest BCUT2D eigenvalue weighted by atomic mass is 35.5. The Morgan fingerprint density at radius 3 is 2.34 bits per heavy atom. The van der Waals surface area contributed by atoms with E-state index in [1.54, 1.807) is 30.0 Å². The lowest BCUT2D eigenvalue weighted by Gasteiger charge is -2.11. The minimum Gasteiger partial charge on any atom is -0.324 e. The number of nitrogens with one attached hydrogen (secondary N) is 1. The molecular formula is C23H18Cl2N4OS2. The van der Waals surface area contributed by atoms with Crippen molar-refractivity contribution in [3.63, 3.8) is 0 Å². The molecule has 0 aliphatic rings. The van der Waals surface area contributed by atoms with E-state index in [2.05, 4.69) is 27.6 Å². The van der Waals surface area contributed by atoms with E-state index < -0.39 is 0 Å². The fourth-order valence-electron chi connectivity index (χ4n) is 2.90. The van der Waals surface area contributed by atoms with Gasteiger partial charge >= 0.3 is 0 Å². The van der Waals surface area contributed by atoms with Crippen LogP contribution in [0.5, 0.6) is 0 Å². The molecule has 1 aromatic heterocycles. The Morgan fingerprint density at radius 1 is 0.906 bits per heavy atom. The molecule has 1 heterocycles. The zero-order chi connectivity index (χ0) is 22.3. The van der Waals surface area contributed by atoms with Crippen LogP contribution in [0.15, 0.2) is 88.9 Å². The van der Waals surface area contributed by atoms with Crippen molar-refractivity contribution in [3.8, 4) is 5.69 Å². The molecule has 0 aliphatic carbocycles. The Hall–Kier alpha value is -2.45. The Labute approximate surface area is 204 Å². The first-order valence-electron chi connectivity index (χ1n) is 9.65. The Bertz CT molecular complexity index is 1200. The van der Waals surface area contributed by atoms with E-state index >= 15 is 0 Å². The number of para-hydroxylation sites is 1. The second-order valence-corrected chi connectivity index (χ2v) is 9.47. The van der Waals surface area contributed by atoms with Gasteiger partial charge in [0.25, 0.3) is 0 Å². The zero-order valence-corrected chi connectivity index (χ0v) is 19.9. The van der Waals surface area contributed by atoms with Gasteiger partial charge in [0, 0.05) is 15.6 Å². The summed E-state index contributed by atoms with van der Waals surface area (Å²) in [5.41, 5.74) is 1.47. The molecule has 3 aromatic carbocycles. The lowest BCUT2D eigenvalue weighted by molar-refractivity contribution is -0.113. The van der Waals surface area contributed by atoms with Gasteiger partial charge in [0.1, 0.15) is 5.82 Å². The largest absolute Gasteiger partial charge is 0.324 e. The predicted molar refractivity (Wildman–Crippen MR) is 133 cm³/mol. The summed E-state index contributed by atoms with van der Waals surface area (Å²) in [6.45, 7) is 0. The monoisotopic (exact) mass is 500 g/mol. The van der Waals surface area contributed by atoms with Crippen molar-refractivity contribution in [1.29, 1.82) is 0 Å². The number of nitrogens with zero attached hydrogens (tertiary/aromatic N) is 3. The van der Waals surface area contributed by atoms with Crippen LogP contribution in [0.1, 0.15) is 5.82 Å². The van der Waals surface area contributed by atoms with E-state index in [1.807, 2.05) is 53.1 Å². The fourth-order valence-corrected chi connectivity index (χ4v) is 4.95. The number of halogens is 2. The van der Waals surface area contributed by atoms with Crippen LogP contribution in [0.4, 0.5) is 5.69 Å². The maximum Gasteiger partial charge on any atom is 0.234 e. The van der Waals surface area contributed by atoms with Crippen LogP contribution in [0.3, 0.4) is 0 Å². The molecule has 4 aromatic rings. The van der Waals surface area contributed by atoms with Crippen molar-refractivity contribution >= 4 is 58.3 Å². The molecule has 0 unspecified atom stereocenters. The highest BCUT2D eigenvalue weighted by Crippen LogP contribution is 2.28. The van der Waals surface area contributed by atoms with E-state index in [-0.39, 0.29) is 11.7 Å². The van der Waals surface area contributed by atoms with Crippen LogP contribution in [0.25, 0.3) is 5.69 Å². The maximum absolute atomic E-state index is 12.5. The number of thioether (sulfide) groups is 2. The molecule has 5 nitrogen and oxygen atoms in total. The van der Waals surface area contributed by atoms with E-state index in [0.717, 1.165) is 16.4 Å². The number of hydrogen-bond acceptors (Lipinski definition) is 5. The lowest BCUT2D eigenvalue weighted by Crippen LogP contribution is -2.15. The van der Waals surface area contributed by atoms with E-state index in [1.165, 1.54) is 11.8 Å².